The lowest BCUT2D eigenvalue weighted by atomic mass is 10.1. The molecule has 39 heavy (non-hydrogen) atoms. The molecule has 1 aromatic heterocycles. The van der Waals surface area contributed by atoms with E-state index in [2.05, 4.69) is 37.9 Å². The van der Waals surface area contributed by atoms with Gasteiger partial charge in [-0.25, -0.2) is 4.98 Å². The summed E-state index contributed by atoms with van der Waals surface area (Å²) in [5.41, 5.74) is 2.52. The fourth-order valence-electron chi connectivity index (χ4n) is 4.02. The number of carbonyl (C=O) groups excluding carboxylic acids is 1. The zero-order valence-corrected chi connectivity index (χ0v) is 23.4. The first-order chi connectivity index (χ1) is 18.9. The molecule has 0 aliphatic rings. The third kappa shape index (κ3) is 6.80. The molecule has 0 atom stereocenters. The number of benzene rings is 3. The zero-order valence-electron chi connectivity index (χ0n) is 21.8. The minimum absolute atomic E-state index is 0.194. The molecule has 4 rings (SSSR count). The second-order valence-corrected chi connectivity index (χ2v) is 9.46. The molecule has 1 N–H and O–H groups in total. The van der Waals surface area contributed by atoms with Gasteiger partial charge in [0.05, 0.1) is 23.7 Å². The molecule has 1 amide bonds. The predicted molar refractivity (Wildman–Crippen MR) is 158 cm³/mol. The first-order valence-electron chi connectivity index (χ1n) is 12.6. The lowest BCUT2D eigenvalue weighted by Crippen LogP contribution is -2.22. The fourth-order valence-corrected chi connectivity index (χ4v) is 4.38. The molecule has 9 heteroatoms. The maximum absolute atomic E-state index is 13.2. The highest BCUT2D eigenvalue weighted by Crippen LogP contribution is 2.33. The summed E-state index contributed by atoms with van der Waals surface area (Å²) in [6.45, 7) is 7.84. The van der Waals surface area contributed by atoms with Crippen molar-refractivity contribution in [3.63, 3.8) is 0 Å². The number of hydrogen-bond donors (Lipinski definition) is 1. The van der Waals surface area contributed by atoms with Crippen LogP contribution in [0.2, 0.25) is 0 Å². The fraction of sp³-hybridized carbons (Fsp3) is 0.200. The summed E-state index contributed by atoms with van der Waals surface area (Å²) in [6.07, 6.45) is 4.34. The normalized spacial score (nSPS) is 11.1. The molecular weight excluding hydrogens is 560 g/mol. The van der Waals surface area contributed by atoms with Crippen LogP contribution in [0.15, 0.2) is 87.7 Å². The number of carbonyl (C=O) groups is 1. The maximum atomic E-state index is 13.2. The molecule has 0 spiro atoms. The molecule has 3 aromatic carbocycles. The van der Waals surface area contributed by atoms with E-state index in [1.165, 1.54) is 4.68 Å². The maximum Gasteiger partial charge on any atom is 0.282 e. The van der Waals surface area contributed by atoms with Crippen molar-refractivity contribution in [2.75, 3.05) is 18.5 Å². The number of ether oxygens (including phenoxy) is 2. The van der Waals surface area contributed by atoms with E-state index in [-0.39, 0.29) is 18.1 Å². The van der Waals surface area contributed by atoms with Crippen molar-refractivity contribution in [2.24, 2.45) is 5.10 Å². The Bertz CT molecular complexity index is 1580. The molecule has 0 saturated carbocycles. The summed E-state index contributed by atoms with van der Waals surface area (Å²) in [6, 6.07) is 18.2. The average molecular weight is 589 g/mol. The number of allylic oxidation sites excluding steroid dienone is 1. The van der Waals surface area contributed by atoms with E-state index in [0.717, 1.165) is 10.0 Å². The van der Waals surface area contributed by atoms with Crippen LogP contribution in [0.4, 0.5) is 5.69 Å². The van der Waals surface area contributed by atoms with E-state index in [1.807, 2.05) is 50.2 Å². The van der Waals surface area contributed by atoms with Crippen molar-refractivity contribution in [1.82, 2.24) is 9.66 Å². The molecule has 0 radical (unpaired) electrons. The third-order valence-corrected chi connectivity index (χ3v) is 6.23. The van der Waals surface area contributed by atoms with Crippen molar-refractivity contribution < 1.29 is 14.3 Å². The molecule has 0 aliphatic heterocycles. The van der Waals surface area contributed by atoms with Gasteiger partial charge in [-0.15, -0.1) is 6.58 Å². The van der Waals surface area contributed by atoms with Gasteiger partial charge >= 0.3 is 0 Å². The standard InChI is InChI=1S/C30H29BrN4O4/c1-4-10-21-15-20(18-32-35-27(5-2)34-25-14-13-22(31)17-24(25)30(35)37)16-26(38-6-3)29(21)39-19-28(36)33-23-11-8-7-9-12-23/h4,7-9,11-18H,1,5-6,10,19H2,2-3H3,(H,33,36). The number of rotatable bonds is 11. The average Bonchev–Trinajstić information content (AvgIpc) is 2.93. The van der Waals surface area contributed by atoms with Crippen LogP contribution in [0, 0.1) is 0 Å². The number of para-hydroxylation sites is 1. The molecular formula is C30H29BrN4O4. The minimum Gasteiger partial charge on any atom is -0.490 e. The van der Waals surface area contributed by atoms with E-state index >= 15 is 0 Å². The van der Waals surface area contributed by atoms with Crippen molar-refractivity contribution in [1.29, 1.82) is 0 Å². The van der Waals surface area contributed by atoms with Gasteiger partial charge in [0.1, 0.15) is 5.82 Å². The van der Waals surface area contributed by atoms with Crippen LogP contribution in [0.1, 0.15) is 30.8 Å². The van der Waals surface area contributed by atoms with E-state index in [9.17, 15) is 9.59 Å². The Hall–Kier alpha value is -4.24. The van der Waals surface area contributed by atoms with Crippen LogP contribution in [-0.4, -0.2) is 35.0 Å². The number of aromatic nitrogens is 2. The van der Waals surface area contributed by atoms with E-state index in [4.69, 9.17) is 9.47 Å². The Morgan fingerprint density at radius 3 is 2.64 bits per heavy atom. The van der Waals surface area contributed by atoms with Crippen LogP contribution < -0.4 is 20.3 Å². The Morgan fingerprint density at radius 1 is 1.13 bits per heavy atom. The zero-order chi connectivity index (χ0) is 27.8. The molecule has 200 valence electrons. The Balaban J connectivity index is 1.66. The number of nitrogens with one attached hydrogen (secondary N) is 1. The summed E-state index contributed by atoms with van der Waals surface area (Å²) in [7, 11) is 0. The van der Waals surface area contributed by atoms with Gasteiger partial charge in [-0.05, 0) is 61.4 Å². The van der Waals surface area contributed by atoms with Gasteiger partial charge in [0, 0.05) is 22.1 Å². The van der Waals surface area contributed by atoms with Gasteiger partial charge in [0.2, 0.25) is 0 Å². The molecule has 0 unspecified atom stereocenters. The topological polar surface area (TPSA) is 94.8 Å². The second-order valence-electron chi connectivity index (χ2n) is 8.54. The van der Waals surface area contributed by atoms with Crippen LogP contribution in [0.5, 0.6) is 11.5 Å². The molecule has 4 aromatic rings. The van der Waals surface area contributed by atoms with Crippen LogP contribution in [0.3, 0.4) is 0 Å². The Labute approximate surface area is 235 Å². The number of aryl methyl sites for hydroxylation is 1. The van der Waals surface area contributed by atoms with Gasteiger partial charge < -0.3 is 14.8 Å². The number of halogens is 1. The largest absolute Gasteiger partial charge is 0.490 e. The summed E-state index contributed by atoms with van der Waals surface area (Å²) in [5.74, 6) is 1.18. The molecule has 8 nitrogen and oxygen atoms in total. The Morgan fingerprint density at radius 2 is 1.92 bits per heavy atom. The van der Waals surface area contributed by atoms with E-state index in [1.54, 1.807) is 36.6 Å². The molecule has 1 heterocycles. The van der Waals surface area contributed by atoms with Gasteiger partial charge in [-0.1, -0.05) is 47.1 Å². The SMILES string of the molecule is C=CCc1cc(C=Nn2c(CC)nc3ccc(Br)cc3c2=O)cc(OCC)c1OCC(=O)Nc1ccccc1. The van der Waals surface area contributed by atoms with Gasteiger partial charge in [-0.3, -0.25) is 9.59 Å². The van der Waals surface area contributed by atoms with E-state index < -0.39 is 0 Å². The third-order valence-electron chi connectivity index (χ3n) is 5.74. The number of amides is 1. The van der Waals surface area contributed by atoms with Crippen molar-refractivity contribution in [3.05, 3.63) is 105 Å². The summed E-state index contributed by atoms with van der Waals surface area (Å²) in [5, 5.41) is 7.78. The number of anilines is 1. The molecule has 0 fully saturated rings. The predicted octanol–water partition coefficient (Wildman–Crippen LogP) is 5.75. The van der Waals surface area contributed by atoms with Crippen molar-refractivity contribution >= 4 is 44.6 Å². The number of hydrogen-bond acceptors (Lipinski definition) is 6. The Kier molecular flexibility index (Phi) is 9.27. The highest BCUT2D eigenvalue weighted by atomic mass is 79.9. The lowest BCUT2D eigenvalue weighted by Gasteiger charge is -2.16. The summed E-state index contributed by atoms with van der Waals surface area (Å²) >= 11 is 3.42. The monoisotopic (exact) mass is 588 g/mol. The van der Waals surface area contributed by atoms with Gasteiger partial charge in [0.15, 0.2) is 18.1 Å². The van der Waals surface area contributed by atoms with E-state index in [0.29, 0.717) is 58.9 Å². The molecule has 0 saturated heterocycles. The molecule has 0 aliphatic carbocycles. The molecule has 0 bridgehead atoms. The smallest absolute Gasteiger partial charge is 0.282 e. The summed E-state index contributed by atoms with van der Waals surface area (Å²) in [4.78, 5) is 30.4. The second kappa shape index (κ2) is 13.0. The number of nitrogens with zero attached hydrogens (tertiary/aromatic N) is 3. The van der Waals surface area contributed by atoms with Crippen LogP contribution in [-0.2, 0) is 17.6 Å². The highest BCUT2D eigenvalue weighted by molar-refractivity contribution is 9.10. The van der Waals surface area contributed by atoms with Crippen LogP contribution >= 0.6 is 15.9 Å². The first kappa shape index (κ1) is 27.8. The first-order valence-corrected chi connectivity index (χ1v) is 13.4. The van der Waals surface area contributed by atoms with Crippen molar-refractivity contribution in [3.8, 4) is 11.5 Å². The minimum atomic E-state index is -0.291. The van der Waals surface area contributed by atoms with Crippen molar-refractivity contribution in [2.45, 2.75) is 26.7 Å². The van der Waals surface area contributed by atoms with Gasteiger partial charge in [0.25, 0.3) is 11.5 Å². The highest BCUT2D eigenvalue weighted by Gasteiger charge is 2.16. The lowest BCUT2D eigenvalue weighted by molar-refractivity contribution is -0.118. The summed E-state index contributed by atoms with van der Waals surface area (Å²) < 4.78 is 13.9. The number of fused-ring (bicyclic) bond motifs is 1. The quantitative estimate of drug-likeness (QED) is 0.178. The van der Waals surface area contributed by atoms with Gasteiger partial charge in [-0.2, -0.15) is 9.78 Å². The van der Waals surface area contributed by atoms with Crippen LogP contribution in [0.25, 0.3) is 10.9 Å².